The van der Waals surface area contributed by atoms with Crippen molar-refractivity contribution in [2.24, 2.45) is 0 Å². The summed E-state index contributed by atoms with van der Waals surface area (Å²) in [7, 11) is 0. The molecule has 0 saturated heterocycles. The van der Waals surface area contributed by atoms with E-state index in [4.69, 9.17) is 11.6 Å². The Hall–Kier alpha value is -3.35. The molecule has 0 radical (unpaired) electrons. The molecule has 3 aromatic rings. The molecule has 0 aliphatic rings. The quantitative estimate of drug-likeness (QED) is 0.545. The molecule has 0 atom stereocenters. The molecule has 3 nitrogen and oxygen atoms in total. The lowest BCUT2D eigenvalue weighted by atomic mass is 9.98. The topological polar surface area (TPSA) is 46.2 Å². The summed E-state index contributed by atoms with van der Waals surface area (Å²) >= 11 is 6.05. The maximum absolute atomic E-state index is 12.7. The van der Waals surface area contributed by atoms with Gasteiger partial charge in [-0.1, -0.05) is 84.1 Å². The number of halogens is 1. The first kappa shape index (κ1) is 18.4. The molecule has 0 heterocycles. The van der Waals surface area contributed by atoms with Crippen LogP contribution in [0.15, 0.2) is 78.9 Å². The third-order valence-corrected chi connectivity index (χ3v) is 4.22. The fourth-order valence-electron chi connectivity index (χ4n) is 2.55. The Morgan fingerprint density at radius 2 is 1.44 bits per heavy atom. The molecule has 0 unspecified atom stereocenters. The average Bonchev–Trinajstić information content (AvgIpc) is 2.72. The van der Waals surface area contributed by atoms with Gasteiger partial charge in [0.25, 0.3) is 5.91 Å². The summed E-state index contributed by atoms with van der Waals surface area (Å²) in [4.78, 5) is 25.2. The highest BCUT2D eigenvalue weighted by Crippen LogP contribution is 2.15. The first-order chi connectivity index (χ1) is 13.2. The monoisotopic (exact) mass is 373 g/mol. The Morgan fingerprint density at radius 3 is 2.19 bits per heavy atom. The molecular formula is C23H16ClNO2. The summed E-state index contributed by atoms with van der Waals surface area (Å²) in [5.41, 5.74) is 1.93. The van der Waals surface area contributed by atoms with Crippen molar-refractivity contribution in [3.63, 3.8) is 0 Å². The molecule has 0 aromatic heterocycles. The van der Waals surface area contributed by atoms with Crippen LogP contribution in [0.2, 0.25) is 5.02 Å². The molecule has 0 saturated carbocycles. The number of amides is 1. The van der Waals surface area contributed by atoms with Crippen molar-refractivity contribution < 1.29 is 9.59 Å². The third-order valence-electron chi connectivity index (χ3n) is 3.89. The van der Waals surface area contributed by atoms with E-state index in [2.05, 4.69) is 17.2 Å². The van der Waals surface area contributed by atoms with Crippen molar-refractivity contribution in [1.82, 2.24) is 5.32 Å². The molecule has 0 aliphatic carbocycles. The minimum Gasteiger partial charge on any atom is -0.341 e. The maximum atomic E-state index is 12.7. The Balaban J connectivity index is 1.73. The first-order valence-electron chi connectivity index (χ1n) is 8.37. The summed E-state index contributed by atoms with van der Waals surface area (Å²) in [5, 5.41) is 3.29. The second kappa shape index (κ2) is 8.84. The smallest absolute Gasteiger partial charge is 0.252 e. The molecular weight excluding hydrogens is 358 g/mol. The zero-order chi connectivity index (χ0) is 19.1. The van der Waals surface area contributed by atoms with Gasteiger partial charge in [-0.15, -0.1) is 0 Å². The van der Waals surface area contributed by atoms with Gasteiger partial charge < -0.3 is 5.32 Å². The van der Waals surface area contributed by atoms with E-state index in [1.54, 1.807) is 54.6 Å². The van der Waals surface area contributed by atoms with Gasteiger partial charge in [-0.25, -0.2) is 0 Å². The number of rotatable bonds is 4. The van der Waals surface area contributed by atoms with Crippen LogP contribution in [0, 0.1) is 11.8 Å². The van der Waals surface area contributed by atoms with Gasteiger partial charge in [-0.3, -0.25) is 9.59 Å². The van der Waals surface area contributed by atoms with E-state index in [-0.39, 0.29) is 18.2 Å². The summed E-state index contributed by atoms with van der Waals surface area (Å²) in [6.07, 6.45) is 0. The van der Waals surface area contributed by atoms with Crippen LogP contribution < -0.4 is 5.32 Å². The van der Waals surface area contributed by atoms with Crippen LogP contribution >= 0.6 is 11.6 Å². The molecule has 132 valence electrons. The van der Waals surface area contributed by atoms with Crippen LogP contribution in [-0.2, 0) is 0 Å². The number of hydrogen-bond donors (Lipinski definition) is 1. The van der Waals surface area contributed by atoms with Crippen molar-refractivity contribution in [3.05, 3.63) is 106 Å². The number of carbonyl (C=O) groups excluding carboxylic acids is 2. The van der Waals surface area contributed by atoms with Gasteiger partial charge in [0, 0.05) is 16.7 Å². The number of benzene rings is 3. The van der Waals surface area contributed by atoms with Gasteiger partial charge in [-0.05, 0) is 18.2 Å². The van der Waals surface area contributed by atoms with Gasteiger partial charge in [-0.2, -0.15) is 0 Å². The van der Waals surface area contributed by atoms with E-state index >= 15 is 0 Å². The lowest BCUT2D eigenvalue weighted by molar-refractivity contribution is 0.0946. The SMILES string of the molecule is O=C(NCC#Cc1ccccc1Cl)c1ccccc1C(=O)c1ccccc1. The predicted molar refractivity (Wildman–Crippen MR) is 107 cm³/mol. The first-order valence-corrected chi connectivity index (χ1v) is 8.75. The van der Waals surface area contributed by atoms with Crippen molar-refractivity contribution in [3.8, 4) is 11.8 Å². The van der Waals surface area contributed by atoms with E-state index in [1.165, 1.54) is 0 Å². The summed E-state index contributed by atoms with van der Waals surface area (Å²) in [6, 6.07) is 22.9. The van der Waals surface area contributed by atoms with E-state index in [0.717, 1.165) is 0 Å². The Kier molecular flexibility index (Phi) is 6.04. The number of ketones is 1. The van der Waals surface area contributed by atoms with Crippen molar-refractivity contribution in [1.29, 1.82) is 0 Å². The van der Waals surface area contributed by atoms with Gasteiger partial charge in [0.1, 0.15) is 0 Å². The second-order valence-corrected chi connectivity index (χ2v) is 6.11. The molecule has 1 amide bonds. The fraction of sp³-hybridized carbons (Fsp3) is 0.0435. The zero-order valence-electron chi connectivity index (χ0n) is 14.4. The van der Waals surface area contributed by atoms with E-state index in [0.29, 0.717) is 27.3 Å². The van der Waals surface area contributed by atoms with Gasteiger partial charge in [0.05, 0.1) is 17.1 Å². The molecule has 27 heavy (non-hydrogen) atoms. The largest absolute Gasteiger partial charge is 0.341 e. The van der Waals surface area contributed by atoms with Gasteiger partial charge in [0.15, 0.2) is 5.78 Å². The van der Waals surface area contributed by atoms with Crippen molar-refractivity contribution in [2.45, 2.75) is 0 Å². The molecule has 1 N–H and O–H groups in total. The minimum atomic E-state index is -0.344. The molecule has 0 fully saturated rings. The van der Waals surface area contributed by atoms with Crippen LogP contribution in [0.25, 0.3) is 0 Å². The minimum absolute atomic E-state index is 0.151. The average molecular weight is 374 g/mol. The number of nitrogens with one attached hydrogen (secondary N) is 1. The number of hydrogen-bond acceptors (Lipinski definition) is 2. The fourth-order valence-corrected chi connectivity index (χ4v) is 2.73. The van der Waals surface area contributed by atoms with E-state index in [9.17, 15) is 9.59 Å². The van der Waals surface area contributed by atoms with Crippen LogP contribution in [0.1, 0.15) is 31.8 Å². The summed E-state index contributed by atoms with van der Waals surface area (Å²) < 4.78 is 0. The lowest BCUT2D eigenvalue weighted by Crippen LogP contribution is -2.25. The maximum Gasteiger partial charge on any atom is 0.252 e. The molecule has 0 spiro atoms. The van der Waals surface area contributed by atoms with Gasteiger partial charge in [0.2, 0.25) is 0 Å². The lowest BCUT2D eigenvalue weighted by Gasteiger charge is -2.08. The summed E-state index contributed by atoms with van der Waals surface area (Å²) in [5.74, 6) is 5.26. The molecule has 3 aromatic carbocycles. The zero-order valence-corrected chi connectivity index (χ0v) is 15.2. The van der Waals surface area contributed by atoms with Crippen LogP contribution in [-0.4, -0.2) is 18.2 Å². The highest BCUT2D eigenvalue weighted by Gasteiger charge is 2.17. The van der Waals surface area contributed by atoms with Crippen LogP contribution in [0.4, 0.5) is 0 Å². The molecule has 3 rings (SSSR count). The third kappa shape index (κ3) is 4.63. The van der Waals surface area contributed by atoms with Crippen molar-refractivity contribution >= 4 is 23.3 Å². The standard InChI is InChI=1S/C23H16ClNO2/c24-21-15-7-4-9-17(21)12-8-16-25-23(27)20-14-6-5-13-19(20)22(26)18-10-2-1-3-11-18/h1-7,9-11,13-15H,16H2,(H,25,27). The normalized spacial score (nSPS) is 9.81. The van der Waals surface area contributed by atoms with E-state index in [1.807, 2.05) is 24.3 Å². The number of carbonyl (C=O) groups is 2. The Labute approximate surface area is 163 Å². The van der Waals surface area contributed by atoms with Crippen molar-refractivity contribution in [2.75, 3.05) is 6.54 Å². The molecule has 0 bridgehead atoms. The predicted octanol–water partition coefficient (Wildman–Crippen LogP) is 4.35. The van der Waals surface area contributed by atoms with Gasteiger partial charge >= 0.3 is 0 Å². The summed E-state index contributed by atoms with van der Waals surface area (Å²) in [6.45, 7) is 0.151. The Bertz CT molecular complexity index is 1030. The van der Waals surface area contributed by atoms with E-state index < -0.39 is 0 Å². The second-order valence-electron chi connectivity index (χ2n) is 5.71. The molecule has 0 aliphatic heterocycles. The van der Waals surface area contributed by atoms with Crippen LogP contribution in [0.3, 0.4) is 0 Å². The highest BCUT2D eigenvalue weighted by molar-refractivity contribution is 6.31. The van der Waals surface area contributed by atoms with Crippen LogP contribution in [0.5, 0.6) is 0 Å². The Morgan fingerprint density at radius 1 is 0.815 bits per heavy atom. The molecule has 4 heteroatoms. The highest BCUT2D eigenvalue weighted by atomic mass is 35.5.